The highest BCUT2D eigenvalue weighted by molar-refractivity contribution is 6.39. The molecule has 6 heteroatoms. The van der Waals surface area contributed by atoms with Crippen molar-refractivity contribution in [3.05, 3.63) is 24.2 Å². The molecular formula is C13H17N3O3. The third kappa shape index (κ3) is 3.43. The number of hydrogen-bond acceptors (Lipinski definition) is 4. The van der Waals surface area contributed by atoms with Crippen LogP contribution in [-0.4, -0.2) is 35.6 Å². The van der Waals surface area contributed by atoms with E-state index in [1.807, 2.05) is 19.1 Å². The first-order valence-electron chi connectivity index (χ1n) is 6.23. The van der Waals surface area contributed by atoms with Gasteiger partial charge >= 0.3 is 0 Å². The highest BCUT2D eigenvalue weighted by Gasteiger charge is 2.22. The molecule has 1 atom stereocenters. The van der Waals surface area contributed by atoms with Crippen LogP contribution in [0.3, 0.4) is 0 Å². The summed E-state index contributed by atoms with van der Waals surface area (Å²) < 4.78 is 5.23. The lowest BCUT2D eigenvalue weighted by atomic mass is 10.1. The van der Waals surface area contributed by atoms with Gasteiger partial charge < -0.3 is 9.73 Å². The molecule has 0 saturated carbocycles. The summed E-state index contributed by atoms with van der Waals surface area (Å²) in [5.41, 5.74) is 0.397. The minimum atomic E-state index is -0.224. The minimum Gasteiger partial charge on any atom is -0.469 e. The zero-order chi connectivity index (χ0) is 13.8. The van der Waals surface area contributed by atoms with Gasteiger partial charge in [0.25, 0.3) is 5.91 Å². The van der Waals surface area contributed by atoms with Crippen molar-refractivity contribution in [2.45, 2.75) is 32.2 Å². The van der Waals surface area contributed by atoms with Crippen LogP contribution in [0.25, 0.3) is 0 Å². The van der Waals surface area contributed by atoms with Gasteiger partial charge in [-0.15, -0.1) is 0 Å². The summed E-state index contributed by atoms with van der Waals surface area (Å²) in [7, 11) is 1.56. The van der Waals surface area contributed by atoms with Crippen molar-refractivity contribution in [2.75, 3.05) is 7.05 Å². The van der Waals surface area contributed by atoms with Crippen LogP contribution in [0.4, 0.5) is 0 Å². The highest BCUT2D eigenvalue weighted by atomic mass is 16.3. The number of carbonyl (C=O) groups excluding carboxylic acids is 2. The summed E-state index contributed by atoms with van der Waals surface area (Å²) in [6.07, 6.45) is 2.95. The fourth-order valence-electron chi connectivity index (χ4n) is 1.92. The van der Waals surface area contributed by atoms with Gasteiger partial charge in [0.1, 0.15) is 11.5 Å². The monoisotopic (exact) mass is 263 g/mol. The summed E-state index contributed by atoms with van der Waals surface area (Å²) in [5, 5.41) is 8.05. The third-order valence-electron chi connectivity index (χ3n) is 2.93. The number of nitrogens with zero attached hydrogens (tertiary/aromatic N) is 2. The fourth-order valence-corrected chi connectivity index (χ4v) is 1.92. The van der Waals surface area contributed by atoms with Gasteiger partial charge in [0.15, 0.2) is 0 Å². The van der Waals surface area contributed by atoms with Crippen LogP contribution < -0.4 is 5.32 Å². The molecule has 0 spiro atoms. The molecule has 0 aliphatic carbocycles. The Morgan fingerprint density at radius 3 is 3.00 bits per heavy atom. The lowest BCUT2D eigenvalue weighted by Gasteiger charge is -2.20. The van der Waals surface area contributed by atoms with Gasteiger partial charge in [-0.2, -0.15) is 5.10 Å². The number of carbonyl (C=O) groups is 2. The Morgan fingerprint density at radius 2 is 2.37 bits per heavy atom. The molecule has 0 aromatic carbocycles. The molecule has 19 heavy (non-hydrogen) atoms. The maximum absolute atomic E-state index is 12.0. The topological polar surface area (TPSA) is 74.9 Å². The molecule has 0 radical (unpaired) electrons. The predicted molar refractivity (Wildman–Crippen MR) is 69.5 cm³/mol. The van der Waals surface area contributed by atoms with Crippen molar-refractivity contribution in [1.82, 2.24) is 10.3 Å². The molecule has 1 aromatic heterocycles. The van der Waals surface area contributed by atoms with Crippen molar-refractivity contribution in [3.63, 3.8) is 0 Å². The summed E-state index contributed by atoms with van der Waals surface area (Å²) in [5.74, 6) is 0.532. The Morgan fingerprint density at radius 1 is 1.58 bits per heavy atom. The molecule has 2 rings (SSSR count). The van der Waals surface area contributed by atoms with Gasteiger partial charge in [-0.3, -0.25) is 9.59 Å². The van der Waals surface area contributed by atoms with E-state index in [0.29, 0.717) is 25.0 Å². The van der Waals surface area contributed by atoms with Gasteiger partial charge in [0.2, 0.25) is 5.91 Å². The van der Waals surface area contributed by atoms with E-state index in [-0.39, 0.29) is 17.9 Å². The Kier molecular flexibility index (Phi) is 3.99. The van der Waals surface area contributed by atoms with Crippen molar-refractivity contribution >= 4 is 17.5 Å². The number of amides is 2. The second-order valence-electron chi connectivity index (χ2n) is 4.62. The lowest BCUT2D eigenvalue weighted by molar-refractivity contribution is -0.130. The summed E-state index contributed by atoms with van der Waals surface area (Å²) in [6.45, 7) is 1.90. The normalized spacial score (nSPS) is 17.1. The molecule has 0 saturated heterocycles. The standard InChI is InChI=1S/C13H17N3O3/c1-9(8-10-4-3-7-19-10)14-13(18)11-5-6-12(17)16(2)15-11/h3-4,7,9H,5-6,8H2,1-2H3,(H,14,18)/t9-/m0/s1. The van der Waals surface area contributed by atoms with Crippen LogP contribution >= 0.6 is 0 Å². The van der Waals surface area contributed by atoms with Crippen molar-refractivity contribution < 1.29 is 14.0 Å². The van der Waals surface area contributed by atoms with Gasteiger partial charge in [0, 0.05) is 32.4 Å². The van der Waals surface area contributed by atoms with E-state index in [1.54, 1.807) is 13.3 Å². The second kappa shape index (κ2) is 5.69. The van der Waals surface area contributed by atoms with E-state index < -0.39 is 0 Å². The van der Waals surface area contributed by atoms with Crippen LogP contribution in [0.1, 0.15) is 25.5 Å². The molecule has 102 valence electrons. The average molecular weight is 263 g/mol. The van der Waals surface area contributed by atoms with E-state index in [0.717, 1.165) is 5.76 Å². The average Bonchev–Trinajstić information content (AvgIpc) is 2.85. The summed E-state index contributed by atoms with van der Waals surface area (Å²) in [6, 6.07) is 3.63. The fraction of sp³-hybridized carbons (Fsp3) is 0.462. The zero-order valence-corrected chi connectivity index (χ0v) is 11.0. The number of hydrogen-bond donors (Lipinski definition) is 1. The molecule has 1 aliphatic heterocycles. The first-order valence-corrected chi connectivity index (χ1v) is 6.23. The largest absolute Gasteiger partial charge is 0.469 e. The highest BCUT2D eigenvalue weighted by Crippen LogP contribution is 2.08. The van der Waals surface area contributed by atoms with Crippen molar-refractivity contribution in [2.24, 2.45) is 5.10 Å². The van der Waals surface area contributed by atoms with E-state index in [1.165, 1.54) is 5.01 Å². The van der Waals surface area contributed by atoms with E-state index in [2.05, 4.69) is 10.4 Å². The van der Waals surface area contributed by atoms with Crippen LogP contribution in [0.5, 0.6) is 0 Å². The maximum Gasteiger partial charge on any atom is 0.267 e. The van der Waals surface area contributed by atoms with Gasteiger partial charge in [0.05, 0.1) is 6.26 Å². The quantitative estimate of drug-likeness (QED) is 0.878. The maximum atomic E-state index is 12.0. The van der Waals surface area contributed by atoms with Crippen LogP contribution in [-0.2, 0) is 16.0 Å². The van der Waals surface area contributed by atoms with Crippen molar-refractivity contribution in [1.29, 1.82) is 0 Å². The predicted octanol–water partition coefficient (Wildman–Crippen LogP) is 0.935. The van der Waals surface area contributed by atoms with Gasteiger partial charge in [-0.25, -0.2) is 5.01 Å². The van der Waals surface area contributed by atoms with Crippen LogP contribution in [0, 0.1) is 0 Å². The van der Waals surface area contributed by atoms with Gasteiger partial charge in [-0.1, -0.05) is 0 Å². The molecule has 2 heterocycles. The van der Waals surface area contributed by atoms with E-state index in [4.69, 9.17) is 4.42 Å². The zero-order valence-electron chi connectivity index (χ0n) is 11.0. The molecule has 0 bridgehead atoms. The molecular weight excluding hydrogens is 246 g/mol. The molecule has 2 amide bonds. The first-order chi connectivity index (χ1) is 9.06. The minimum absolute atomic E-state index is 0.0516. The number of nitrogens with one attached hydrogen (secondary N) is 1. The van der Waals surface area contributed by atoms with E-state index >= 15 is 0 Å². The third-order valence-corrected chi connectivity index (χ3v) is 2.93. The number of furan rings is 1. The molecule has 6 nitrogen and oxygen atoms in total. The molecule has 0 fully saturated rings. The SMILES string of the molecule is C[C@@H](Cc1ccco1)NC(=O)C1=NN(C)C(=O)CC1. The second-order valence-corrected chi connectivity index (χ2v) is 4.62. The molecule has 0 unspecified atom stereocenters. The van der Waals surface area contributed by atoms with Crippen LogP contribution in [0.2, 0.25) is 0 Å². The van der Waals surface area contributed by atoms with Gasteiger partial charge in [-0.05, 0) is 19.1 Å². The van der Waals surface area contributed by atoms with Crippen molar-refractivity contribution in [3.8, 4) is 0 Å². The molecule has 1 N–H and O–H groups in total. The van der Waals surface area contributed by atoms with E-state index in [9.17, 15) is 9.59 Å². The Labute approximate surface area is 111 Å². The molecule has 1 aliphatic rings. The Hall–Kier alpha value is -2.11. The summed E-state index contributed by atoms with van der Waals surface area (Å²) in [4.78, 5) is 23.2. The van der Waals surface area contributed by atoms with Crippen LogP contribution in [0.15, 0.2) is 27.9 Å². The molecule has 1 aromatic rings. The Bertz CT molecular complexity index is 493. The smallest absolute Gasteiger partial charge is 0.267 e. The summed E-state index contributed by atoms with van der Waals surface area (Å²) >= 11 is 0. The lowest BCUT2D eigenvalue weighted by Crippen LogP contribution is -2.42. The number of rotatable bonds is 4. The first kappa shape index (κ1) is 13.3. The Balaban J connectivity index is 1.90. The number of hydrazone groups is 1.